The Labute approximate surface area is 169 Å². The molecule has 29 heavy (non-hydrogen) atoms. The molecule has 6 heteroatoms. The van der Waals surface area contributed by atoms with Gasteiger partial charge in [-0.05, 0) is 44.0 Å². The van der Waals surface area contributed by atoms with Crippen LogP contribution in [0.5, 0.6) is 0 Å². The molecule has 146 valence electrons. The van der Waals surface area contributed by atoms with Gasteiger partial charge < -0.3 is 9.73 Å². The highest BCUT2D eigenvalue weighted by atomic mass is 16.4. The standard InChI is InChI=1S/C23H23N5O/c1-15-11-13-17(14-12-15)24-21-20(25-18-9-5-6-10-19(18)26-21)23-28-27-22(29-23)16-7-3-2-4-8-16/h5-6,9-14,16H,2-4,7-8H2,1H3,(H,24,26). The fourth-order valence-corrected chi connectivity index (χ4v) is 3.85. The van der Waals surface area contributed by atoms with E-state index >= 15 is 0 Å². The van der Waals surface area contributed by atoms with Crippen LogP contribution in [-0.4, -0.2) is 20.2 Å². The molecule has 1 aliphatic carbocycles. The first-order valence-electron chi connectivity index (χ1n) is 10.2. The summed E-state index contributed by atoms with van der Waals surface area (Å²) in [7, 11) is 0. The Morgan fingerprint density at radius 2 is 1.59 bits per heavy atom. The molecule has 1 saturated carbocycles. The zero-order valence-corrected chi connectivity index (χ0v) is 16.4. The molecule has 0 unspecified atom stereocenters. The molecular formula is C23H23N5O. The van der Waals surface area contributed by atoms with Gasteiger partial charge in [-0.2, -0.15) is 0 Å². The van der Waals surface area contributed by atoms with Crippen molar-refractivity contribution in [2.45, 2.75) is 44.9 Å². The van der Waals surface area contributed by atoms with Crippen LogP contribution < -0.4 is 5.32 Å². The summed E-state index contributed by atoms with van der Waals surface area (Å²) in [6.45, 7) is 2.07. The van der Waals surface area contributed by atoms with Crippen molar-refractivity contribution in [2.24, 2.45) is 0 Å². The van der Waals surface area contributed by atoms with Crippen LogP contribution in [0.3, 0.4) is 0 Å². The lowest BCUT2D eigenvalue weighted by Gasteiger charge is -2.17. The van der Waals surface area contributed by atoms with Gasteiger partial charge in [0.25, 0.3) is 5.89 Å². The number of nitrogens with zero attached hydrogens (tertiary/aromatic N) is 4. The second-order valence-electron chi connectivity index (χ2n) is 7.68. The van der Waals surface area contributed by atoms with Gasteiger partial charge in [-0.1, -0.05) is 49.1 Å². The molecule has 0 bridgehead atoms. The summed E-state index contributed by atoms with van der Waals surface area (Å²) in [5.41, 5.74) is 4.34. The number of nitrogens with one attached hydrogen (secondary N) is 1. The summed E-state index contributed by atoms with van der Waals surface area (Å²) < 4.78 is 6.09. The van der Waals surface area contributed by atoms with Crippen molar-refractivity contribution >= 4 is 22.5 Å². The quantitative estimate of drug-likeness (QED) is 0.480. The predicted octanol–water partition coefficient (Wildman–Crippen LogP) is 5.78. The molecule has 5 rings (SSSR count). The Balaban J connectivity index is 1.56. The maximum Gasteiger partial charge on any atom is 0.270 e. The molecule has 0 aliphatic heterocycles. The van der Waals surface area contributed by atoms with E-state index in [1.54, 1.807) is 0 Å². The minimum atomic E-state index is 0.354. The highest BCUT2D eigenvalue weighted by molar-refractivity contribution is 5.82. The highest BCUT2D eigenvalue weighted by Crippen LogP contribution is 2.34. The zero-order valence-electron chi connectivity index (χ0n) is 16.4. The molecule has 1 aliphatic rings. The Morgan fingerprint density at radius 1 is 0.862 bits per heavy atom. The molecule has 1 N–H and O–H groups in total. The molecule has 2 heterocycles. The van der Waals surface area contributed by atoms with Crippen molar-refractivity contribution in [1.29, 1.82) is 0 Å². The molecule has 0 saturated heterocycles. The second kappa shape index (κ2) is 7.62. The van der Waals surface area contributed by atoms with Gasteiger partial charge in [-0.3, -0.25) is 0 Å². The molecule has 1 fully saturated rings. The number of rotatable bonds is 4. The molecule has 4 aromatic rings. The van der Waals surface area contributed by atoms with Gasteiger partial charge in [0, 0.05) is 11.6 Å². The van der Waals surface area contributed by atoms with E-state index in [0.29, 0.717) is 23.3 Å². The third-order valence-corrected chi connectivity index (χ3v) is 5.48. The summed E-state index contributed by atoms with van der Waals surface area (Å²) in [5, 5.41) is 12.0. The molecule has 2 aromatic heterocycles. The number of hydrogen-bond donors (Lipinski definition) is 1. The third kappa shape index (κ3) is 3.70. The zero-order chi connectivity index (χ0) is 19.6. The van der Waals surface area contributed by atoms with Crippen molar-refractivity contribution in [2.75, 3.05) is 5.32 Å². The lowest BCUT2D eigenvalue weighted by atomic mass is 9.89. The number of benzene rings is 2. The van der Waals surface area contributed by atoms with Gasteiger partial charge in [0.05, 0.1) is 11.0 Å². The smallest absolute Gasteiger partial charge is 0.270 e. The normalized spacial score (nSPS) is 14.9. The number of para-hydroxylation sites is 2. The van der Waals surface area contributed by atoms with Crippen molar-refractivity contribution in [3.05, 3.63) is 60.0 Å². The Hall–Kier alpha value is -3.28. The van der Waals surface area contributed by atoms with Crippen molar-refractivity contribution in [3.63, 3.8) is 0 Å². The summed E-state index contributed by atoms with van der Waals surface area (Å²) in [6, 6.07) is 16.0. The number of fused-ring (bicyclic) bond motifs is 1. The Kier molecular flexibility index (Phi) is 4.68. The van der Waals surface area contributed by atoms with E-state index < -0.39 is 0 Å². The molecule has 0 amide bonds. The summed E-state index contributed by atoms with van der Waals surface area (Å²) in [4.78, 5) is 9.59. The second-order valence-corrected chi connectivity index (χ2v) is 7.68. The summed E-state index contributed by atoms with van der Waals surface area (Å²) in [6.07, 6.45) is 5.95. The molecule has 0 radical (unpaired) electrons. The monoisotopic (exact) mass is 385 g/mol. The van der Waals surface area contributed by atoms with Crippen molar-refractivity contribution in [1.82, 2.24) is 20.2 Å². The van der Waals surface area contributed by atoms with E-state index in [0.717, 1.165) is 35.5 Å². The minimum Gasteiger partial charge on any atom is -0.419 e. The fourth-order valence-electron chi connectivity index (χ4n) is 3.85. The topological polar surface area (TPSA) is 76.7 Å². The first-order valence-corrected chi connectivity index (χ1v) is 10.2. The highest BCUT2D eigenvalue weighted by Gasteiger charge is 2.24. The van der Waals surface area contributed by atoms with Crippen LogP contribution in [0, 0.1) is 6.92 Å². The lowest BCUT2D eigenvalue weighted by molar-refractivity contribution is 0.367. The number of anilines is 2. The Bertz CT molecular complexity index is 1130. The predicted molar refractivity (Wildman–Crippen MR) is 113 cm³/mol. The van der Waals surface area contributed by atoms with E-state index in [9.17, 15) is 0 Å². The van der Waals surface area contributed by atoms with E-state index in [1.165, 1.54) is 24.8 Å². The van der Waals surface area contributed by atoms with Crippen LogP contribution in [-0.2, 0) is 0 Å². The maximum atomic E-state index is 6.09. The molecule has 6 nitrogen and oxygen atoms in total. The van der Waals surface area contributed by atoms with Crippen LogP contribution in [0.2, 0.25) is 0 Å². The lowest BCUT2D eigenvalue weighted by Crippen LogP contribution is -2.04. The molecular weight excluding hydrogens is 362 g/mol. The third-order valence-electron chi connectivity index (χ3n) is 5.48. The van der Waals surface area contributed by atoms with Crippen LogP contribution in [0.15, 0.2) is 52.9 Å². The first-order chi connectivity index (χ1) is 14.3. The Morgan fingerprint density at radius 3 is 2.34 bits per heavy atom. The van der Waals surface area contributed by atoms with Crippen LogP contribution in [0.1, 0.15) is 49.5 Å². The summed E-state index contributed by atoms with van der Waals surface area (Å²) in [5.74, 6) is 2.10. The fraction of sp³-hybridized carbons (Fsp3) is 0.304. The average molecular weight is 385 g/mol. The van der Waals surface area contributed by atoms with Crippen LogP contribution >= 0.6 is 0 Å². The SMILES string of the molecule is Cc1ccc(Nc2nc3ccccc3nc2-c2nnc(C3CCCCC3)o2)cc1. The van der Waals surface area contributed by atoms with Crippen LogP contribution in [0.4, 0.5) is 11.5 Å². The van der Waals surface area contributed by atoms with Gasteiger partial charge >= 0.3 is 0 Å². The minimum absolute atomic E-state index is 0.354. The van der Waals surface area contributed by atoms with E-state index in [1.807, 2.05) is 36.4 Å². The number of aromatic nitrogens is 4. The van der Waals surface area contributed by atoms with Gasteiger partial charge in [0.2, 0.25) is 5.89 Å². The molecule has 0 atom stereocenters. The average Bonchev–Trinajstić information content (AvgIpc) is 3.26. The maximum absolute atomic E-state index is 6.09. The molecule has 2 aromatic carbocycles. The van der Waals surface area contributed by atoms with Gasteiger partial charge in [-0.25, -0.2) is 9.97 Å². The van der Waals surface area contributed by atoms with Crippen molar-refractivity contribution < 1.29 is 4.42 Å². The van der Waals surface area contributed by atoms with Crippen molar-refractivity contribution in [3.8, 4) is 11.6 Å². The van der Waals surface area contributed by atoms with Gasteiger partial charge in [0.15, 0.2) is 11.5 Å². The largest absolute Gasteiger partial charge is 0.419 e. The van der Waals surface area contributed by atoms with E-state index in [-0.39, 0.29) is 0 Å². The molecule has 0 spiro atoms. The first kappa shape index (κ1) is 17.8. The summed E-state index contributed by atoms with van der Waals surface area (Å²) >= 11 is 0. The number of aryl methyl sites for hydroxylation is 1. The number of hydrogen-bond acceptors (Lipinski definition) is 6. The van der Waals surface area contributed by atoms with Gasteiger partial charge in [0.1, 0.15) is 0 Å². The van der Waals surface area contributed by atoms with E-state index in [4.69, 9.17) is 14.4 Å². The van der Waals surface area contributed by atoms with Gasteiger partial charge in [-0.15, -0.1) is 10.2 Å². The van der Waals surface area contributed by atoms with Crippen LogP contribution in [0.25, 0.3) is 22.6 Å². The van der Waals surface area contributed by atoms with E-state index in [2.05, 4.69) is 34.6 Å².